The van der Waals surface area contributed by atoms with Crippen LogP contribution in [0.1, 0.15) is 19.0 Å². The fourth-order valence-electron chi connectivity index (χ4n) is 2.20. The summed E-state index contributed by atoms with van der Waals surface area (Å²) in [6.45, 7) is 1.67. The summed E-state index contributed by atoms with van der Waals surface area (Å²) in [6, 6.07) is 6.63. The summed E-state index contributed by atoms with van der Waals surface area (Å²) in [4.78, 5) is 0. The SMILES string of the molecule is CCCS(=O)(=O)Nc1cc(F)c(-c2ccc(C#N)n2C)cc1F. The summed E-state index contributed by atoms with van der Waals surface area (Å²) in [6.07, 6.45) is 0.359. The van der Waals surface area contributed by atoms with Gasteiger partial charge in [0, 0.05) is 18.7 Å². The van der Waals surface area contributed by atoms with Gasteiger partial charge in [0.2, 0.25) is 10.0 Å². The van der Waals surface area contributed by atoms with E-state index in [9.17, 15) is 17.2 Å². The Kier molecular flexibility index (Phi) is 4.71. The Morgan fingerprint density at radius 2 is 1.96 bits per heavy atom. The molecule has 5 nitrogen and oxygen atoms in total. The Balaban J connectivity index is 2.45. The van der Waals surface area contributed by atoms with Gasteiger partial charge in [-0.15, -0.1) is 0 Å². The lowest BCUT2D eigenvalue weighted by Gasteiger charge is -2.11. The summed E-state index contributed by atoms with van der Waals surface area (Å²) >= 11 is 0. The van der Waals surface area contributed by atoms with Gasteiger partial charge in [0.1, 0.15) is 23.4 Å². The van der Waals surface area contributed by atoms with Crippen LogP contribution in [0.5, 0.6) is 0 Å². The van der Waals surface area contributed by atoms with Crippen molar-refractivity contribution in [1.29, 1.82) is 5.26 Å². The Labute approximate surface area is 133 Å². The van der Waals surface area contributed by atoms with Crippen molar-refractivity contribution < 1.29 is 17.2 Å². The number of hydrogen-bond acceptors (Lipinski definition) is 3. The average Bonchev–Trinajstić information content (AvgIpc) is 2.83. The molecular formula is C15H15F2N3O2S. The molecule has 23 heavy (non-hydrogen) atoms. The fourth-order valence-corrected chi connectivity index (χ4v) is 3.33. The molecule has 0 radical (unpaired) electrons. The van der Waals surface area contributed by atoms with Gasteiger partial charge in [-0.2, -0.15) is 5.26 Å². The van der Waals surface area contributed by atoms with Crippen molar-refractivity contribution >= 4 is 15.7 Å². The first-order valence-corrected chi connectivity index (χ1v) is 8.50. The molecule has 0 spiro atoms. The molecular weight excluding hydrogens is 324 g/mol. The topological polar surface area (TPSA) is 74.9 Å². The number of anilines is 1. The van der Waals surface area contributed by atoms with Gasteiger partial charge in [0.25, 0.3) is 0 Å². The normalized spacial score (nSPS) is 11.3. The van der Waals surface area contributed by atoms with E-state index < -0.39 is 27.3 Å². The second kappa shape index (κ2) is 6.38. The maximum absolute atomic E-state index is 14.3. The number of nitriles is 1. The highest BCUT2D eigenvalue weighted by molar-refractivity contribution is 7.92. The van der Waals surface area contributed by atoms with Crippen LogP contribution in [0.25, 0.3) is 11.3 Å². The zero-order chi connectivity index (χ0) is 17.2. The molecule has 0 saturated heterocycles. The van der Waals surface area contributed by atoms with E-state index in [1.165, 1.54) is 16.7 Å². The van der Waals surface area contributed by atoms with Crippen LogP contribution >= 0.6 is 0 Å². The first kappa shape index (κ1) is 17.0. The van der Waals surface area contributed by atoms with Crippen LogP contribution in [-0.2, 0) is 17.1 Å². The van der Waals surface area contributed by atoms with Crippen LogP contribution in [0.3, 0.4) is 0 Å². The second-order valence-corrected chi connectivity index (χ2v) is 6.85. The quantitative estimate of drug-likeness (QED) is 0.910. The van der Waals surface area contributed by atoms with Gasteiger partial charge in [-0.25, -0.2) is 17.2 Å². The smallest absolute Gasteiger partial charge is 0.232 e. The summed E-state index contributed by atoms with van der Waals surface area (Å²) in [5.41, 5.74) is 0.132. The lowest BCUT2D eigenvalue weighted by Crippen LogP contribution is -2.17. The maximum atomic E-state index is 14.3. The minimum Gasteiger partial charge on any atom is -0.335 e. The zero-order valence-corrected chi connectivity index (χ0v) is 13.4. The van der Waals surface area contributed by atoms with E-state index in [2.05, 4.69) is 0 Å². The summed E-state index contributed by atoms with van der Waals surface area (Å²) in [7, 11) is -2.16. The molecule has 0 amide bonds. The number of halogens is 2. The third-order valence-corrected chi connectivity index (χ3v) is 4.78. The standard InChI is InChI=1S/C15H15F2N3O2S/c1-3-6-23(21,22)19-14-8-12(16)11(7-13(14)17)15-5-4-10(9-18)20(15)2/h4-5,7-8,19H,3,6H2,1-2H3. The highest BCUT2D eigenvalue weighted by Gasteiger charge is 2.18. The molecule has 0 fully saturated rings. The molecule has 0 aliphatic heterocycles. The first-order valence-electron chi connectivity index (χ1n) is 6.84. The molecule has 0 atom stereocenters. The number of aromatic nitrogens is 1. The van der Waals surface area contributed by atoms with Crippen molar-refractivity contribution in [1.82, 2.24) is 4.57 Å². The molecule has 0 bridgehead atoms. The van der Waals surface area contributed by atoms with Gasteiger partial charge in [-0.05, 0) is 24.6 Å². The molecule has 0 saturated carbocycles. The number of nitrogens with one attached hydrogen (secondary N) is 1. The molecule has 2 rings (SSSR count). The third kappa shape index (κ3) is 3.51. The summed E-state index contributed by atoms with van der Waals surface area (Å²) in [5, 5.41) is 8.91. The van der Waals surface area contributed by atoms with Crippen LogP contribution in [0.15, 0.2) is 24.3 Å². The van der Waals surface area contributed by atoms with Gasteiger partial charge >= 0.3 is 0 Å². The Morgan fingerprint density at radius 3 is 2.52 bits per heavy atom. The molecule has 122 valence electrons. The van der Waals surface area contributed by atoms with Crippen LogP contribution in [0, 0.1) is 23.0 Å². The highest BCUT2D eigenvalue weighted by atomic mass is 32.2. The van der Waals surface area contributed by atoms with Crippen LogP contribution < -0.4 is 4.72 Å². The average molecular weight is 339 g/mol. The van der Waals surface area contributed by atoms with Crippen LogP contribution in [0.4, 0.5) is 14.5 Å². The van der Waals surface area contributed by atoms with Gasteiger partial charge < -0.3 is 4.57 Å². The molecule has 0 aliphatic carbocycles. The van der Waals surface area contributed by atoms with Crippen molar-refractivity contribution in [2.75, 3.05) is 10.5 Å². The fraction of sp³-hybridized carbons (Fsp3) is 0.267. The molecule has 0 unspecified atom stereocenters. The summed E-state index contributed by atoms with van der Waals surface area (Å²) in [5.74, 6) is -1.86. The van der Waals surface area contributed by atoms with Crippen LogP contribution in [0.2, 0.25) is 0 Å². The first-order chi connectivity index (χ1) is 10.8. The monoisotopic (exact) mass is 339 g/mol. The number of sulfonamides is 1. The van der Waals surface area contributed by atoms with E-state index in [0.717, 1.165) is 12.1 Å². The van der Waals surface area contributed by atoms with E-state index in [-0.39, 0.29) is 11.3 Å². The number of rotatable bonds is 5. The van der Waals surface area contributed by atoms with Gasteiger partial charge in [0.15, 0.2) is 0 Å². The zero-order valence-electron chi connectivity index (χ0n) is 12.6. The van der Waals surface area contributed by atoms with Gasteiger partial charge in [0.05, 0.1) is 17.1 Å². The number of nitrogens with zero attached hydrogens (tertiary/aromatic N) is 2. The third-order valence-electron chi connectivity index (χ3n) is 3.31. The lowest BCUT2D eigenvalue weighted by molar-refractivity contribution is 0.594. The van der Waals surface area contributed by atoms with E-state index in [0.29, 0.717) is 17.8 Å². The van der Waals surface area contributed by atoms with E-state index >= 15 is 0 Å². The predicted octanol–water partition coefficient (Wildman–Crippen LogP) is 2.99. The molecule has 2 aromatic rings. The Bertz CT molecular complexity index is 883. The molecule has 8 heteroatoms. The molecule has 1 N–H and O–H groups in total. The maximum Gasteiger partial charge on any atom is 0.232 e. The van der Waals surface area contributed by atoms with Gasteiger partial charge in [-0.3, -0.25) is 4.72 Å². The van der Waals surface area contributed by atoms with Crippen LogP contribution in [-0.4, -0.2) is 18.7 Å². The summed E-state index contributed by atoms with van der Waals surface area (Å²) < 4.78 is 55.2. The number of hydrogen-bond donors (Lipinski definition) is 1. The van der Waals surface area contributed by atoms with Crippen molar-refractivity contribution in [3.8, 4) is 17.3 Å². The Hall–Kier alpha value is -2.40. The lowest BCUT2D eigenvalue weighted by atomic mass is 10.1. The van der Waals surface area contributed by atoms with Crippen molar-refractivity contribution in [3.63, 3.8) is 0 Å². The minimum atomic E-state index is -3.71. The van der Waals surface area contributed by atoms with Crippen molar-refractivity contribution in [2.24, 2.45) is 7.05 Å². The van der Waals surface area contributed by atoms with Gasteiger partial charge in [-0.1, -0.05) is 6.92 Å². The highest BCUT2D eigenvalue weighted by Crippen LogP contribution is 2.29. The van der Waals surface area contributed by atoms with Crippen molar-refractivity contribution in [2.45, 2.75) is 13.3 Å². The minimum absolute atomic E-state index is 0.0510. The number of benzene rings is 1. The second-order valence-electron chi connectivity index (χ2n) is 5.01. The van der Waals surface area contributed by atoms with E-state index in [1.807, 2.05) is 10.8 Å². The van der Waals surface area contributed by atoms with Crippen molar-refractivity contribution in [3.05, 3.63) is 41.6 Å². The van der Waals surface area contributed by atoms with E-state index in [4.69, 9.17) is 5.26 Å². The molecule has 1 heterocycles. The largest absolute Gasteiger partial charge is 0.335 e. The predicted molar refractivity (Wildman–Crippen MR) is 83.2 cm³/mol. The molecule has 1 aromatic heterocycles. The Morgan fingerprint density at radius 1 is 1.26 bits per heavy atom. The van der Waals surface area contributed by atoms with E-state index in [1.54, 1.807) is 14.0 Å². The molecule has 0 aliphatic rings. The molecule has 1 aromatic carbocycles.